The lowest BCUT2D eigenvalue weighted by molar-refractivity contribution is 0.228. The van der Waals surface area contributed by atoms with Gasteiger partial charge in [-0.2, -0.15) is 0 Å². The second-order valence-electron chi connectivity index (χ2n) is 10.6. The van der Waals surface area contributed by atoms with Crippen molar-refractivity contribution in [1.82, 2.24) is 9.97 Å². The van der Waals surface area contributed by atoms with Gasteiger partial charge in [-0.05, 0) is 59.9 Å². The maximum Gasteiger partial charge on any atom is 0.159 e. The standard InChI is InChI=1S/C33H44N2O/c1-3-5-6-9-26-11-13-27(14-12-26)10-7-23-36-32-21-19-30(20-22-32)29-15-17-31(18-16-29)33-34-24-28(8-4-2)25-35-33/h15-22,24-27H,3-14,23H2,1-2H3/t26-,27-. The number of hydrogen-bond donors (Lipinski definition) is 0. The molecule has 192 valence electrons. The first-order valence-electron chi connectivity index (χ1n) is 14.4. The maximum atomic E-state index is 6.06. The summed E-state index contributed by atoms with van der Waals surface area (Å²) in [4.78, 5) is 9.07. The molecule has 3 nitrogen and oxygen atoms in total. The van der Waals surface area contributed by atoms with Crippen molar-refractivity contribution < 1.29 is 4.74 Å². The summed E-state index contributed by atoms with van der Waals surface area (Å²) >= 11 is 0. The largest absolute Gasteiger partial charge is 0.494 e. The minimum Gasteiger partial charge on any atom is -0.494 e. The van der Waals surface area contributed by atoms with Crippen molar-refractivity contribution in [2.75, 3.05) is 6.61 Å². The Hall–Kier alpha value is -2.68. The van der Waals surface area contributed by atoms with Gasteiger partial charge >= 0.3 is 0 Å². The third kappa shape index (κ3) is 7.91. The summed E-state index contributed by atoms with van der Waals surface area (Å²) in [6.45, 7) is 5.30. The van der Waals surface area contributed by atoms with Crippen LogP contribution < -0.4 is 4.74 Å². The van der Waals surface area contributed by atoms with E-state index in [0.29, 0.717) is 0 Å². The first-order valence-corrected chi connectivity index (χ1v) is 14.4. The first-order chi connectivity index (χ1) is 17.7. The summed E-state index contributed by atoms with van der Waals surface area (Å²) in [7, 11) is 0. The zero-order chi connectivity index (χ0) is 25.0. The fourth-order valence-electron chi connectivity index (χ4n) is 5.53. The second-order valence-corrected chi connectivity index (χ2v) is 10.6. The number of rotatable bonds is 13. The van der Waals surface area contributed by atoms with Gasteiger partial charge in [-0.1, -0.05) is 108 Å². The predicted octanol–water partition coefficient (Wildman–Crippen LogP) is 9.31. The zero-order valence-corrected chi connectivity index (χ0v) is 22.4. The van der Waals surface area contributed by atoms with E-state index in [1.807, 2.05) is 12.4 Å². The topological polar surface area (TPSA) is 35.0 Å². The molecule has 2 aromatic carbocycles. The summed E-state index contributed by atoms with van der Waals surface area (Å²) in [6, 6.07) is 17.0. The highest BCUT2D eigenvalue weighted by Gasteiger charge is 2.20. The molecule has 1 aromatic heterocycles. The number of aryl methyl sites for hydroxylation is 1. The molecule has 1 fully saturated rings. The van der Waals surface area contributed by atoms with Gasteiger partial charge in [-0.15, -0.1) is 0 Å². The lowest BCUT2D eigenvalue weighted by Gasteiger charge is -2.28. The normalized spacial score (nSPS) is 17.7. The van der Waals surface area contributed by atoms with Gasteiger partial charge in [-0.3, -0.25) is 0 Å². The van der Waals surface area contributed by atoms with Crippen LogP contribution in [-0.2, 0) is 6.42 Å². The Morgan fingerprint density at radius 1 is 0.667 bits per heavy atom. The first kappa shape index (κ1) is 26.4. The Kier molecular flexibility index (Phi) is 10.4. The van der Waals surface area contributed by atoms with Crippen molar-refractivity contribution in [3.63, 3.8) is 0 Å². The molecule has 0 radical (unpaired) electrons. The van der Waals surface area contributed by atoms with Crippen molar-refractivity contribution in [3.8, 4) is 28.3 Å². The van der Waals surface area contributed by atoms with Crippen molar-refractivity contribution in [3.05, 3.63) is 66.5 Å². The Labute approximate surface area is 218 Å². The highest BCUT2D eigenvalue weighted by Crippen LogP contribution is 2.34. The van der Waals surface area contributed by atoms with E-state index in [0.717, 1.165) is 54.8 Å². The van der Waals surface area contributed by atoms with E-state index in [4.69, 9.17) is 4.74 Å². The average molecular weight is 485 g/mol. The molecular formula is C33H44N2O. The molecule has 1 saturated carbocycles. The van der Waals surface area contributed by atoms with E-state index in [9.17, 15) is 0 Å². The van der Waals surface area contributed by atoms with Crippen LogP contribution in [0, 0.1) is 11.8 Å². The summed E-state index contributed by atoms with van der Waals surface area (Å²) in [5.74, 6) is 3.67. The van der Waals surface area contributed by atoms with E-state index in [1.165, 1.54) is 74.5 Å². The van der Waals surface area contributed by atoms with Crippen LogP contribution >= 0.6 is 0 Å². The third-order valence-corrected chi connectivity index (χ3v) is 7.78. The SMILES string of the molecule is CCCCC[C@H]1CC[C@H](CCCOc2ccc(-c3ccc(-c4ncc(CCC)cn4)cc3)cc2)CC1. The molecule has 3 aromatic rings. The fourth-order valence-corrected chi connectivity index (χ4v) is 5.53. The molecule has 0 spiro atoms. The highest BCUT2D eigenvalue weighted by molar-refractivity contribution is 5.68. The van der Waals surface area contributed by atoms with Gasteiger partial charge in [0.15, 0.2) is 5.82 Å². The van der Waals surface area contributed by atoms with Crippen LogP contribution in [0.2, 0.25) is 0 Å². The minimum atomic E-state index is 0.783. The lowest BCUT2D eigenvalue weighted by atomic mass is 9.78. The minimum absolute atomic E-state index is 0.783. The summed E-state index contributed by atoms with van der Waals surface area (Å²) in [5, 5.41) is 0. The van der Waals surface area contributed by atoms with E-state index in [2.05, 4.69) is 72.3 Å². The number of nitrogens with zero attached hydrogens (tertiary/aromatic N) is 2. The van der Waals surface area contributed by atoms with Crippen LogP contribution in [0.25, 0.3) is 22.5 Å². The molecule has 4 rings (SSSR count). The van der Waals surface area contributed by atoms with Gasteiger partial charge in [0.2, 0.25) is 0 Å². The Morgan fingerprint density at radius 2 is 1.22 bits per heavy atom. The number of ether oxygens (including phenoxy) is 1. The van der Waals surface area contributed by atoms with Crippen LogP contribution in [0.5, 0.6) is 5.75 Å². The average Bonchev–Trinajstić information content (AvgIpc) is 2.93. The molecule has 0 bridgehead atoms. The Morgan fingerprint density at radius 3 is 1.81 bits per heavy atom. The molecular weight excluding hydrogens is 440 g/mol. The molecule has 1 aliphatic rings. The van der Waals surface area contributed by atoms with E-state index in [1.54, 1.807) is 0 Å². The molecule has 1 aliphatic carbocycles. The van der Waals surface area contributed by atoms with E-state index in [-0.39, 0.29) is 0 Å². The summed E-state index contributed by atoms with van der Waals surface area (Å²) in [6.07, 6.45) is 19.9. The van der Waals surface area contributed by atoms with Crippen LogP contribution in [0.4, 0.5) is 0 Å². The van der Waals surface area contributed by atoms with Crippen molar-refractivity contribution in [2.45, 2.75) is 90.9 Å². The second kappa shape index (κ2) is 14.2. The van der Waals surface area contributed by atoms with E-state index >= 15 is 0 Å². The van der Waals surface area contributed by atoms with E-state index < -0.39 is 0 Å². The molecule has 1 heterocycles. The fraction of sp³-hybridized carbons (Fsp3) is 0.515. The molecule has 0 atom stereocenters. The Bertz CT molecular complexity index is 1000. The molecule has 0 aliphatic heterocycles. The molecule has 0 unspecified atom stereocenters. The quantitative estimate of drug-likeness (QED) is 0.227. The smallest absolute Gasteiger partial charge is 0.159 e. The van der Waals surface area contributed by atoms with Crippen LogP contribution in [0.15, 0.2) is 60.9 Å². The molecule has 0 saturated heterocycles. The van der Waals surface area contributed by atoms with Crippen molar-refractivity contribution >= 4 is 0 Å². The Balaban J connectivity index is 1.18. The van der Waals surface area contributed by atoms with Crippen molar-refractivity contribution in [1.29, 1.82) is 0 Å². The third-order valence-electron chi connectivity index (χ3n) is 7.78. The van der Waals surface area contributed by atoms with Crippen molar-refractivity contribution in [2.24, 2.45) is 11.8 Å². The molecule has 0 N–H and O–H groups in total. The zero-order valence-electron chi connectivity index (χ0n) is 22.4. The molecule has 36 heavy (non-hydrogen) atoms. The van der Waals surface area contributed by atoms with Crippen LogP contribution in [-0.4, -0.2) is 16.6 Å². The predicted molar refractivity (Wildman–Crippen MR) is 151 cm³/mol. The van der Waals surface area contributed by atoms with Crippen LogP contribution in [0.3, 0.4) is 0 Å². The highest BCUT2D eigenvalue weighted by atomic mass is 16.5. The summed E-state index contributed by atoms with van der Waals surface area (Å²) in [5.41, 5.74) is 4.63. The summed E-state index contributed by atoms with van der Waals surface area (Å²) < 4.78 is 6.06. The number of benzene rings is 2. The number of hydrogen-bond acceptors (Lipinski definition) is 3. The van der Waals surface area contributed by atoms with Gasteiger partial charge in [0.25, 0.3) is 0 Å². The molecule has 3 heteroatoms. The van der Waals surface area contributed by atoms with Gasteiger partial charge < -0.3 is 4.74 Å². The maximum absolute atomic E-state index is 6.06. The van der Waals surface area contributed by atoms with Crippen LogP contribution in [0.1, 0.15) is 90.0 Å². The van der Waals surface area contributed by atoms with Gasteiger partial charge in [-0.25, -0.2) is 9.97 Å². The van der Waals surface area contributed by atoms with Gasteiger partial charge in [0, 0.05) is 18.0 Å². The monoisotopic (exact) mass is 484 g/mol. The molecule has 0 amide bonds. The lowest BCUT2D eigenvalue weighted by Crippen LogP contribution is -2.15. The number of aromatic nitrogens is 2. The number of unbranched alkanes of at least 4 members (excludes halogenated alkanes) is 2. The van der Waals surface area contributed by atoms with Gasteiger partial charge in [0.05, 0.1) is 6.61 Å². The van der Waals surface area contributed by atoms with Gasteiger partial charge in [0.1, 0.15) is 5.75 Å².